The Kier molecular flexibility index (Phi) is 6.74. The van der Waals surface area contributed by atoms with E-state index in [-0.39, 0.29) is 11.7 Å². The Hall–Kier alpha value is -5.34. The quantitative estimate of drug-likeness (QED) is 0.215. The van der Waals surface area contributed by atoms with Crippen LogP contribution in [0.15, 0.2) is 115 Å². The molecule has 0 aliphatic carbocycles. The van der Waals surface area contributed by atoms with Gasteiger partial charge < -0.3 is 16.4 Å². The SMILES string of the molecule is NCc1ccc(C(=O)Nc2ccc(Nc3nc(-c4ccc(-c5ccccc5F)cc4)cc4ccnn34)cc2)cc1. The number of nitrogens with two attached hydrogens (primary N) is 1. The van der Waals surface area contributed by atoms with Crippen LogP contribution < -0.4 is 16.4 Å². The smallest absolute Gasteiger partial charge is 0.255 e. The van der Waals surface area contributed by atoms with Crippen molar-refractivity contribution in [3.8, 4) is 22.4 Å². The number of hydrogen-bond acceptors (Lipinski definition) is 5. The minimum atomic E-state index is -0.257. The van der Waals surface area contributed by atoms with Crippen molar-refractivity contribution in [3.05, 3.63) is 132 Å². The van der Waals surface area contributed by atoms with Gasteiger partial charge in [0.1, 0.15) is 5.82 Å². The molecule has 2 aromatic heterocycles. The first kappa shape index (κ1) is 25.0. The maximum Gasteiger partial charge on any atom is 0.255 e. The number of nitrogens with zero attached hydrogens (tertiary/aromatic N) is 3. The van der Waals surface area contributed by atoms with Gasteiger partial charge in [-0.1, -0.05) is 54.6 Å². The van der Waals surface area contributed by atoms with Crippen LogP contribution in [0, 0.1) is 5.82 Å². The summed E-state index contributed by atoms with van der Waals surface area (Å²) in [5.74, 6) is 0.0812. The third-order valence-corrected chi connectivity index (χ3v) is 6.60. The molecule has 0 radical (unpaired) electrons. The Morgan fingerprint density at radius 2 is 1.52 bits per heavy atom. The topological polar surface area (TPSA) is 97.3 Å². The second-order valence-electron chi connectivity index (χ2n) is 9.25. The van der Waals surface area contributed by atoms with Gasteiger partial charge >= 0.3 is 0 Å². The largest absolute Gasteiger partial charge is 0.326 e. The fourth-order valence-electron chi connectivity index (χ4n) is 4.44. The standard InChI is InChI=1S/C32H25FN6O/c33-29-4-2-1-3-28(29)22-9-11-23(12-10-22)30-19-27-17-18-35-39(27)32(38-30)37-26-15-13-25(14-16-26)36-31(40)24-7-5-21(20-34)6-8-24/h1-19H,20,34H2,(H,36,40)(H,37,38). The second kappa shape index (κ2) is 10.8. The third-order valence-electron chi connectivity index (χ3n) is 6.60. The fourth-order valence-corrected chi connectivity index (χ4v) is 4.44. The van der Waals surface area contributed by atoms with E-state index in [4.69, 9.17) is 10.7 Å². The first-order valence-electron chi connectivity index (χ1n) is 12.7. The zero-order chi connectivity index (χ0) is 27.5. The van der Waals surface area contributed by atoms with Crippen LogP contribution >= 0.6 is 0 Å². The molecule has 0 aliphatic heterocycles. The molecule has 196 valence electrons. The molecule has 0 fully saturated rings. The monoisotopic (exact) mass is 528 g/mol. The van der Waals surface area contributed by atoms with Gasteiger partial charge in [0.2, 0.25) is 5.95 Å². The first-order chi connectivity index (χ1) is 19.6. The van der Waals surface area contributed by atoms with Gasteiger partial charge in [-0.25, -0.2) is 13.9 Å². The summed E-state index contributed by atoms with van der Waals surface area (Å²) in [6, 6.07) is 32.8. The summed E-state index contributed by atoms with van der Waals surface area (Å²) in [6.45, 7) is 0.431. The number of aromatic nitrogens is 3. The Morgan fingerprint density at radius 1 is 0.825 bits per heavy atom. The third kappa shape index (κ3) is 5.16. The van der Waals surface area contributed by atoms with Gasteiger partial charge in [0.15, 0.2) is 0 Å². The van der Waals surface area contributed by atoms with E-state index in [9.17, 15) is 9.18 Å². The molecule has 0 bridgehead atoms. The molecular weight excluding hydrogens is 503 g/mol. The molecular formula is C32H25FN6O. The van der Waals surface area contributed by atoms with E-state index in [1.54, 1.807) is 35.0 Å². The van der Waals surface area contributed by atoms with Gasteiger partial charge in [0.25, 0.3) is 5.91 Å². The zero-order valence-electron chi connectivity index (χ0n) is 21.4. The summed E-state index contributed by atoms with van der Waals surface area (Å²) in [7, 11) is 0. The molecule has 40 heavy (non-hydrogen) atoms. The average Bonchev–Trinajstić information content (AvgIpc) is 3.48. The van der Waals surface area contributed by atoms with E-state index in [1.165, 1.54) is 6.07 Å². The van der Waals surface area contributed by atoms with Crippen molar-refractivity contribution in [1.82, 2.24) is 14.6 Å². The van der Waals surface area contributed by atoms with E-state index in [1.807, 2.05) is 78.9 Å². The number of fused-ring (bicyclic) bond motifs is 1. The fraction of sp³-hybridized carbons (Fsp3) is 0.0312. The van der Waals surface area contributed by atoms with Gasteiger partial charge in [-0.15, -0.1) is 0 Å². The van der Waals surface area contributed by atoms with Gasteiger partial charge in [-0.05, 0) is 65.7 Å². The maximum absolute atomic E-state index is 14.2. The van der Waals surface area contributed by atoms with Crippen molar-refractivity contribution in [2.75, 3.05) is 10.6 Å². The molecule has 0 saturated heterocycles. The number of anilines is 3. The van der Waals surface area contributed by atoms with Crippen LogP contribution in [0.2, 0.25) is 0 Å². The summed E-state index contributed by atoms with van der Waals surface area (Å²) < 4.78 is 16.0. The number of halogens is 1. The lowest BCUT2D eigenvalue weighted by molar-refractivity contribution is 0.102. The Bertz CT molecular complexity index is 1800. The Morgan fingerprint density at radius 3 is 2.25 bits per heavy atom. The lowest BCUT2D eigenvalue weighted by atomic mass is 10.0. The maximum atomic E-state index is 14.2. The minimum Gasteiger partial charge on any atom is -0.326 e. The highest BCUT2D eigenvalue weighted by atomic mass is 19.1. The number of carbonyl (C=O) groups is 1. The highest BCUT2D eigenvalue weighted by Gasteiger charge is 2.11. The molecule has 4 aromatic carbocycles. The molecule has 2 heterocycles. The van der Waals surface area contributed by atoms with Gasteiger partial charge in [0.05, 0.1) is 17.4 Å². The molecule has 0 atom stereocenters. The van der Waals surface area contributed by atoms with E-state index < -0.39 is 0 Å². The highest BCUT2D eigenvalue weighted by molar-refractivity contribution is 6.04. The average molecular weight is 529 g/mol. The molecule has 4 N–H and O–H groups in total. The number of amides is 1. The van der Waals surface area contributed by atoms with E-state index in [0.717, 1.165) is 33.6 Å². The van der Waals surface area contributed by atoms with Crippen molar-refractivity contribution in [3.63, 3.8) is 0 Å². The molecule has 8 heteroatoms. The van der Waals surface area contributed by atoms with Crippen molar-refractivity contribution < 1.29 is 9.18 Å². The van der Waals surface area contributed by atoms with Crippen LogP contribution in [0.3, 0.4) is 0 Å². The molecule has 6 aromatic rings. The molecule has 0 saturated carbocycles. The molecule has 0 aliphatic rings. The lowest BCUT2D eigenvalue weighted by Crippen LogP contribution is -2.12. The number of hydrogen-bond donors (Lipinski definition) is 3. The Labute approximate surface area is 230 Å². The van der Waals surface area contributed by atoms with Crippen LogP contribution in [0.4, 0.5) is 21.7 Å². The summed E-state index contributed by atoms with van der Waals surface area (Å²) in [6.07, 6.45) is 1.71. The van der Waals surface area contributed by atoms with Crippen molar-refractivity contribution in [2.24, 2.45) is 5.73 Å². The summed E-state index contributed by atoms with van der Waals surface area (Å²) >= 11 is 0. The van der Waals surface area contributed by atoms with Gasteiger partial charge in [0, 0.05) is 34.6 Å². The van der Waals surface area contributed by atoms with E-state index in [2.05, 4.69) is 15.7 Å². The van der Waals surface area contributed by atoms with E-state index in [0.29, 0.717) is 29.3 Å². The predicted octanol–water partition coefficient (Wildman–Crippen LogP) is 6.66. The van der Waals surface area contributed by atoms with Crippen molar-refractivity contribution >= 4 is 28.7 Å². The van der Waals surface area contributed by atoms with Crippen molar-refractivity contribution in [2.45, 2.75) is 6.54 Å². The number of nitrogens with one attached hydrogen (secondary N) is 2. The zero-order valence-corrected chi connectivity index (χ0v) is 21.4. The van der Waals surface area contributed by atoms with Crippen LogP contribution in [0.5, 0.6) is 0 Å². The molecule has 0 unspecified atom stereocenters. The van der Waals surface area contributed by atoms with E-state index >= 15 is 0 Å². The Balaban J connectivity index is 1.21. The second-order valence-corrected chi connectivity index (χ2v) is 9.25. The minimum absolute atomic E-state index is 0.196. The molecule has 6 rings (SSSR count). The van der Waals surface area contributed by atoms with Gasteiger partial charge in [-0.3, -0.25) is 4.79 Å². The van der Waals surface area contributed by atoms with Crippen LogP contribution in [-0.2, 0) is 6.54 Å². The lowest BCUT2D eigenvalue weighted by Gasteiger charge is -2.12. The highest BCUT2D eigenvalue weighted by Crippen LogP contribution is 2.28. The summed E-state index contributed by atoms with van der Waals surface area (Å²) in [5.41, 5.74) is 12.5. The normalized spacial score (nSPS) is 10.9. The van der Waals surface area contributed by atoms with Crippen molar-refractivity contribution in [1.29, 1.82) is 0 Å². The number of carbonyl (C=O) groups excluding carboxylic acids is 1. The first-order valence-corrected chi connectivity index (χ1v) is 12.7. The summed E-state index contributed by atoms with van der Waals surface area (Å²) in [5, 5.41) is 10.6. The number of benzene rings is 4. The van der Waals surface area contributed by atoms with Crippen LogP contribution in [0.1, 0.15) is 15.9 Å². The molecule has 1 amide bonds. The van der Waals surface area contributed by atoms with Crippen LogP contribution in [-0.4, -0.2) is 20.5 Å². The number of rotatable bonds is 7. The molecule has 0 spiro atoms. The predicted molar refractivity (Wildman–Crippen MR) is 156 cm³/mol. The molecule has 7 nitrogen and oxygen atoms in total. The van der Waals surface area contributed by atoms with Gasteiger partial charge in [-0.2, -0.15) is 5.10 Å². The summed E-state index contributed by atoms with van der Waals surface area (Å²) in [4.78, 5) is 17.4. The van der Waals surface area contributed by atoms with Crippen LogP contribution in [0.25, 0.3) is 27.9 Å².